The van der Waals surface area contributed by atoms with Gasteiger partial charge in [-0.3, -0.25) is 9.69 Å². The third-order valence-corrected chi connectivity index (χ3v) is 2.71. The molecular weight excluding hydrogens is 178 g/mol. The summed E-state index contributed by atoms with van der Waals surface area (Å²) in [6, 6.07) is 0.593. The lowest BCUT2D eigenvalue weighted by molar-refractivity contribution is -0.134. The SMILES string of the molecule is CC(C)C(=O)COC1CN(C(C)C)C1. The van der Waals surface area contributed by atoms with E-state index in [-0.39, 0.29) is 24.4 Å². The Hall–Kier alpha value is -0.410. The van der Waals surface area contributed by atoms with E-state index in [1.165, 1.54) is 0 Å². The molecule has 0 atom stereocenters. The van der Waals surface area contributed by atoms with Crippen molar-refractivity contribution in [3.05, 3.63) is 0 Å². The topological polar surface area (TPSA) is 29.5 Å². The van der Waals surface area contributed by atoms with Crippen LogP contribution in [0.2, 0.25) is 0 Å². The minimum atomic E-state index is 0.0938. The molecule has 0 aliphatic carbocycles. The Kier molecular flexibility index (Phi) is 4.08. The summed E-state index contributed by atoms with van der Waals surface area (Å²) < 4.78 is 5.49. The highest BCUT2D eigenvalue weighted by molar-refractivity contribution is 5.81. The van der Waals surface area contributed by atoms with Gasteiger partial charge in [0.05, 0.1) is 6.10 Å². The lowest BCUT2D eigenvalue weighted by Gasteiger charge is -2.41. The van der Waals surface area contributed by atoms with Gasteiger partial charge in [0.25, 0.3) is 0 Å². The molecule has 0 aromatic carbocycles. The zero-order valence-corrected chi connectivity index (χ0v) is 9.62. The van der Waals surface area contributed by atoms with E-state index in [1.54, 1.807) is 0 Å². The van der Waals surface area contributed by atoms with Crippen LogP contribution in [-0.4, -0.2) is 42.5 Å². The number of ketones is 1. The molecule has 1 fully saturated rings. The van der Waals surface area contributed by atoms with Gasteiger partial charge < -0.3 is 4.74 Å². The Morgan fingerprint density at radius 3 is 2.36 bits per heavy atom. The molecule has 1 aliphatic rings. The van der Waals surface area contributed by atoms with Gasteiger partial charge in [0.2, 0.25) is 0 Å². The maximum Gasteiger partial charge on any atom is 0.160 e. The number of rotatable bonds is 5. The van der Waals surface area contributed by atoms with Gasteiger partial charge in [-0.05, 0) is 13.8 Å². The fourth-order valence-corrected chi connectivity index (χ4v) is 1.36. The van der Waals surface area contributed by atoms with E-state index in [0.717, 1.165) is 13.1 Å². The summed E-state index contributed by atoms with van der Waals surface area (Å²) in [5.41, 5.74) is 0. The normalized spacial score (nSPS) is 19.0. The number of Topliss-reactive ketones (excluding diaryl/α,β-unsaturated/α-hetero) is 1. The Balaban J connectivity index is 2.09. The van der Waals surface area contributed by atoms with Gasteiger partial charge >= 0.3 is 0 Å². The molecule has 0 amide bonds. The number of ether oxygens (including phenoxy) is 1. The number of hydrogen-bond donors (Lipinski definition) is 0. The van der Waals surface area contributed by atoms with Crippen LogP contribution in [0.3, 0.4) is 0 Å². The minimum absolute atomic E-state index is 0.0938. The lowest BCUT2D eigenvalue weighted by atomic mass is 10.1. The predicted molar refractivity (Wildman–Crippen MR) is 56.3 cm³/mol. The summed E-state index contributed by atoms with van der Waals surface area (Å²) in [4.78, 5) is 13.6. The van der Waals surface area contributed by atoms with E-state index in [9.17, 15) is 4.79 Å². The first kappa shape index (κ1) is 11.7. The summed E-state index contributed by atoms with van der Waals surface area (Å²) in [5.74, 6) is 0.296. The van der Waals surface area contributed by atoms with E-state index in [2.05, 4.69) is 18.7 Å². The first-order valence-electron chi connectivity index (χ1n) is 5.39. The molecular formula is C11H21NO2. The summed E-state index contributed by atoms with van der Waals surface area (Å²) in [6.07, 6.45) is 0.278. The Morgan fingerprint density at radius 1 is 1.36 bits per heavy atom. The van der Waals surface area contributed by atoms with Crippen molar-refractivity contribution in [3.8, 4) is 0 Å². The van der Waals surface area contributed by atoms with E-state index >= 15 is 0 Å². The average molecular weight is 199 g/mol. The highest BCUT2D eigenvalue weighted by atomic mass is 16.5. The number of likely N-dealkylation sites (tertiary alicyclic amines) is 1. The second-order valence-corrected chi connectivity index (χ2v) is 4.60. The van der Waals surface area contributed by atoms with Gasteiger partial charge in [0.15, 0.2) is 5.78 Å². The largest absolute Gasteiger partial charge is 0.368 e. The average Bonchev–Trinajstić information content (AvgIpc) is 1.99. The van der Waals surface area contributed by atoms with E-state index in [0.29, 0.717) is 6.04 Å². The van der Waals surface area contributed by atoms with Gasteiger partial charge in [-0.15, -0.1) is 0 Å². The quantitative estimate of drug-likeness (QED) is 0.669. The fraction of sp³-hybridized carbons (Fsp3) is 0.909. The third kappa shape index (κ3) is 3.07. The van der Waals surface area contributed by atoms with Crippen LogP contribution >= 0.6 is 0 Å². The van der Waals surface area contributed by atoms with Crippen molar-refractivity contribution < 1.29 is 9.53 Å². The first-order chi connectivity index (χ1) is 6.50. The molecule has 0 aromatic heterocycles. The summed E-state index contributed by atoms with van der Waals surface area (Å²) in [5, 5.41) is 0. The van der Waals surface area contributed by atoms with Crippen molar-refractivity contribution in [1.82, 2.24) is 4.90 Å². The molecule has 14 heavy (non-hydrogen) atoms. The standard InChI is InChI=1S/C11H21NO2/c1-8(2)11(13)7-14-10-5-12(6-10)9(3)4/h8-10H,5-7H2,1-4H3. The minimum Gasteiger partial charge on any atom is -0.368 e. The van der Waals surface area contributed by atoms with Crippen LogP contribution in [0.15, 0.2) is 0 Å². The maximum atomic E-state index is 11.3. The smallest absolute Gasteiger partial charge is 0.160 e. The van der Waals surface area contributed by atoms with Crippen LogP contribution in [0.5, 0.6) is 0 Å². The van der Waals surface area contributed by atoms with Crippen molar-refractivity contribution in [2.24, 2.45) is 5.92 Å². The molecule has 3 nitrogen and oxygen atoms in total. The highest BCUT2D eigenvalue weighted by Crippen LogP contribution is 2.14. The van der Waals surface area contributed by atoms with Crippen LogP contribution < -0.4 is 0 Å². The molecule has 0 saturated carbocycles. The van der Waals surface area contributed by atoms with Gasteiger partial charge in [-0.1, -0.05) is 13.8 Å². The summed E-state index contributed by atoms with van der Waals surface area (Å²) >= 11 is 0. The molecule has 0 bridgehead atoms. The molecule has 0 aromatic rings. The first-order valence-corrected chi connectivity index (χ1v) is 5.39. The molecule has 1 heterocycles. The summed E-state index contributed by atoms with van der Waals surface area (Å²) in [7, 11) is 0. The summed E-state index contributed by atoms with van der Waals surface area (Å²) in [6.45, 7) is 10.4. The molecule has 0 unspecified atom stereocenters. The van der Waals surface area contributed by atoms with Crippen LogP contribution in [0.25, 0.3) is 0 Å². The lowest BCUT2D eigenvalue weighted by Crippen LogP contribution is -2.55. The van der Waals surface area contributed by atoms with Gasteiger partial charge in [0, 0.05) is 25.0 Å². The Labute approximate surface area is 86.4 Å². The van der Waals surface area contributed by atoms with E-state index in [4.69, 9.17) is 4.74 Å². The van der Waals surface area contributed by atoms with E-state index < -0.39 is 0 Å². The van der Waals surface area contributed by atoms with Crippen molar-refractivity contribution in [2.45, 2.75) is 39.8 Å². The third-order valence-electron chi connectivity index (χ3n) is 2.71. The molecule has 3 heteroatoms. The number of carbonyl (C=O) groups excluding carboxylic acids is 1. The van der Waals surface area contributed by atoms with Crippen molar-refractivity contribution in [2.75, 3.05) is 19.7 Å². The zero-order chi connectivity index (χ0) is 10.7. The monoisotopic (exact) mass is 199 g/mol. The molecule has 1 saturated heterocycles. The second kappa shape index (κ2) is 4.89. The maximum absolute atomic E-state index is 11.3. The van der Waals surface area contributed by atoms with Crippen molar-refractivity contribution >= 4 is 5.78 Å². The second-order valence-electron chi connectivity index (χ2n) is 4.60. The number of nitrogens with zero attached hydrogens (tertiary/aromatic N) is 1. The van der Waals surface area contributed by atoms with Crippen LogP contribution in [0.4, 0.5) is 0 Å². The van der Waals surface area contributed by atoms with Crippen LogP contribution in [-0.2, 0) is 9.53 Å². The van der Waals surface area contributed by atoms with Gasteiger partial charge in [-0.25, -0.2) is 0 Å². The molecule has 0 radical (unpaired) electrons. The number of carbonyl (C=O) groups is 1. The van der Waals surface area contributed by atoms with Crippen molar-refractivity contribution in [3.63, 3.8) is 0 Å². The number of hydrogen-bond acceptors (Lipinski definition) is 3. The van der Waals surface area contributed by atoms with Crippen LogP contribution in [0, 0.1) is 5.92 Å². The van der Waals surface area contributed by atoms with Crippen molar-refractivity contribution in [1.29, 1.82) is 0 Å². The zero-order valence-electron chi connectivity index (χ0n) is 9.62. The molecule has 0 N–H and O–H groups in total. The molecule has 82 valence electrons. The van der Waals surface area contributed by atoms with Gasteiger partial charge in [0.1, 0.15) is 6.61 Å². The molecule has 1 aliphatic heterocycles. The fourth-order valence-electron chi connectivity index (χ4n) is 1.36. The highest BCUT2D eigenvalue weighted by Gasteiger charge is 2.29. The Bertz CT molecular complexity index is 195. The van der Waals surface area contributed by atoms with Gasteiger partial charge in [-0.2, -0.15) is 0 Å². The predicted octanol–water partition coefficient (Wildman–Crippen LogP) is 1.32. The Morgan fingerprint density at radius 2 is 1.93 bits per heavy atom. The molecule has 1 rings (SSSR count). The van der Waals surface area contributed by atoms with Crippen LogP contribution in [0.1, 0.15) is 27.7 Å². The van der Waals surface area contributed by atoms with E-state index in [1.807, 2.05) is 13.8 Å². The molecule has 0 spiro atoms.